The Morgan fingerprint density at radius 1 is 1.12 bits per heavy atom. The van der Waals surface area contributed by atoms with Crippen LogP contribution < -0.4 is 10.5 Å². The molecule has 0 saturated carbocycles. The molecule has 2 heterocycles. The van der Waals surface area contributed by atoms with Gasteiger partial charge in [0.2, 0.25) is 0 Å². The van der Waals surface area contributed by atoms with Crippen molar-refractivity contribution >= 4 is 38.8 Å². The Morgan fingerprint density at radius 3 is 2.65 bits per heavy atom. The van der Waals surface area contributed by atoms with Crippen LogP contribution in [0.4, 0.5) is 5.69 Å². The van der Waals surface area contributed by atoms with Crippen molar-refractivity contribution in [2.75, 3.05) is 19.5 Å². The molecule has 4 rings (SSSR count). The number of pyridine rings is 1. The number of aryl methyl sites for hydroxylation is 1. The Balaban J connectivity index is 2.26. The number of methoxy groups -OCH3 is 1. The van der Waals surface area contributed by atoms with Gasteiger partial charge < -0.3 is 19.6 Å². The predicted octanol–water partition coefficient (Wildman–Crippen LogP) is 4.32. The lowest BCUT2D eigenvalue weighted by Gasteiger charge is -2.14. The topological polar surface area (TPSA) is 66.0 Å². The van der Waals surface area contributed by atoms with Crippen LogP contribution in [0.3, 0.4) is 0 Å². The third kappa shape index (κ3) is 2.20. The molecule has 5 nitrogen and oxygen atoms in total. The Hall–Kier alpha value is -3.21. The Morgan fingerprint density at radius 2 is 1.92 bits per heavy atom. The number of hydrogen-bond acceptors (Lipinski definition) is 4. The van der Waals surface area contributed by atoms with Gasteiger partial charge in [0.25, 0.3) is 0 Å². The van der Waals surface area contributed by atoms with Gasteiger partial charge in [0.05, 0.1) is 30.3 Å². The second-order valence-electron chi connectivity index (χ2n) is 6.24. The van der Waals surface area contributed by atoms with E-state index in [4.69, 9.17) is 15.2 Å². The molecule has 0 radical (unpaired) electrons. The fraction of sp³-hybridized carbons (Fsp3) is 0.190. The number of aromatic nitrogens is 1. The van der Waals surface area contributed by atoms with E-state index >= 15 is 0 Å². The molecule has 132 valence electrons. The Bertz CT molecular complexity index is 1170. The van der Waals surface area contributed by atoms with E-state index in [0.29, 0.717) is 17.9 Å². The normalized spacial score (nSPS) is 11.3. The van der Waals surface area contributed by atoms with Gasteiger partial charge in [0.1, 0.15) is 5.75 Å². The Labute approximate surface area is 150 Å². The molecule has 0 aliphatic rings. The highest BCUT2D eigenvalue weighted by atomic mass is 16.5. The summed E-state index contributed by atoms with van der Waals surface area (Å²) in [6.07, 6.45) is 0. The SMILES string of the molecule is CCOC(=O)c1cc2c3cc(N)ccc3c3c(OC)cccc3n2c1C. The standard InChI is InChI=1S/C21H20N2O3/c1-4-26-21(24)15-11-18-16-10-13(22)8-9-14(16)20-17(23(18)12(15)2)6-5-7-19(20)25-3/h5-11H,4,22H2,1-3H3. The number of rotatable bonds is 3. The van der Waals surface area contributed by atoms with Gasteiger partial charge in [-0.05, 0) is 49.6 Å². The molecular weight excluding hydrogens is 328 g/mol. The Kier molecular flexibility index (Phi) is 3.72. The van der Waals surface area contributed by atoms with Crippen molar-refractivity contribution in [2.24, 2.45) is 0 Å². The summed E-state index contributed by atoms with van der Waals surface area (Å²) < 4.78 is 12.9. The van der Waals surface area contributed by atoms with Gasteiger partial charge in [-0.15, -0.1) is 0 Å². The number of ether oxygens (including phenoxy) is 2. The fourth-order valence-electron chi connectivity index (χ4n) is 3.67. The summed E-state index contributed by atoms with van der Waals surface area (Å²) >= 11 is 0. The number of benzene rings is 2. The minimum atomic E-state index is -0.318. The number of hydrogen-bond donors (Lipinski definition) is 1. The first-order chi connectivity index (χ1) is 12.6. The van der Waals surface area contributed by atoms with E-state index < -0.39 is 0 Å². The zero-order valence-corrected chi connectivity index (χ0v) is 15.0. The van der Waals surface area contributed by atoms with Crippen LogP contribution in [-0.4, -0.2) is 24.1 Å². The molecule has 0 saturated heterocycles. The maximum absolute atomic E-state index is 12.4. The molecule has 0 bridgehead atoms. The van der Waals surface area contributed by atoms with Crippen LogP contribution in [-0.2, 0) is 4.74 Å². The van der Waals surface area contributed by atoms with E-state index in [1.54, 1.807) is 14.0 Å². The van der Waals surface area contributed by atoms with Crippen LogP contribution in [0, 0.1) is 6.92 Å². The van der Waals surface area contributed by atoms with Crippen molar-refractivity contribution < 1.29 is 14.3 Å². The summed E-state index contributed by atoms with van der Waals surface area (Å²) in [7, 11) is 1.66. The van der Waals surface area contributed by atoms with E-state index in [-0.39, 0.29) is 5.97 Å². The highest BCUT2D eigenvalue weighted by Crippen LogP contribution is 2.38. The molecule has 0 atom stereocenters. The van der Waals surface area contributed by atoms with E-state index in [1.165, 1.54) is 0 Å². The summed E-state index contributed by atoms with van der Waals surface area (Å²) in [5, 5.41) is 3.00. The lowest BCUT2D eigenvalue weighted by molar-refractivity contribution is 0.0525. The van der Waals surface area contributed by atoms with Crippen molar-refractivity contribution in [2.45, 2.75) is 13.8 Å². The van der Waals surface area contributed by atoms with E-state index in [9.17, 15) is 4.79 Å². The molecule has 4 aromatic rings. The highest BCUT2D eigenvalue weighted by Gasteiger charge is 2.20. The first kappa shape index (κ1) is 16.3. The molecule has 0 unspecified atom stereocenters. The van der Waals surface area contributed by atoms with Crippen molar-refractivity contribution in [3.63, 3.8) is 0 Å². The second-order valence-corrected chi connectivity index (χ2v) is 6.24. The number of nitrogens with zero attached hydrogens (tertiary/aromatic N) is 1. The molecule has 0 aliphatic carbocycles. The average Bonchev–Trinajstić information content (AvgIpc) is 2.99. The summed E-state index contributed by atoms with van der Waals surface area (Å²) in [5.41, 5.74) is 10.0. The first-order valence-corrected chi connectivity index (χ1v) is 8.54. The lowest BCUT2D eigenvalue weighted by atomic mass is 10.0. The third-order valence-corrected chi connectivity index (χ3v) is 4.80. The van der Waals surface area contributed by atoms with Gasteiger partial charge in [-0.1, -0.05) is 12.1 Å². The van der Waals surface area contributed by atoms with Crippen molar-refractivity contribution in [1.82, 2.24) is 4.40 Å². The quantitative estimate of drug-likeness (QED) is 0.340. The van der Waals surface area contributed by atoms with Gasteiger partial charge in [-0.3, -0.25) is 0 Å². The number of carbonyl (C=O) groups excluding carboxylic acids is 1. The molecule has 26 heavy (non-hydrogen) atoms. The number of esters is 1. The van der Waals surface area contributed by atoms with Crippen molar-refractivity contribution in [3.05, 3.63) is 53.7 Å². The molecule has 2 aromatic carbocycles. The minimum absolute atomic E-state index is 0.318. The monoisotopic (exact) mass is 348 g/mol. The average molecular weight is 348 g/mol. The van der Waals surface area contributed by atoms with Crippen LogP contribution >= 0.6 is 0 Å². The predicted molar refractivity (Wildman–Crippen MR) is 104 cm³/mol. The molecule has 0 fully saturated rings. The van der Waals surface area contributed by atoms with Gasteiger partial charge in [-0.2, -0.15) is 0 Å². The molecule has 5 heteroatoms. The molecule has 0 amide bonds. The second kappa shape index (κ2) is 5.95. The number of nitrogen functional groups attached to an aromatic ring is 1. The number of anilines is 1. The molecule has 0 spiro atoms. The molecular formula is C21H20N2O3. The van der Waals surface area contributed by atoms with Crippen LogP contribution in [0.1, 0.15) is 23.0 Å². The fourth-order valence-corrected chi connectivity index (χ4v) is 3.67. The smallest absolute Gasteiger partial charge is 0.339 e. The highest BCUT2D eigenvalue weighted by molar-refractivity contribution is 6.16. The number of fused-ring (bicyclic) bond motifs is 6. The van der Waals surface area contributed by atoms with Gasteiger partial charge in [0.15, 0.2) is 0 Å². The van der Waals surface area contributed by atoms with Crippen molar-refractivity contribution in [3.8, 4) is 5.75 Å². The summed E-state index contributed by atoms with van der Waals surface area (Å²) in [6, 6.07) is 13.6. The summed E-state index contributed by atoms with van der Waals surface area (Å²) in [5.74, 6) is 0.465. The summed E-state index contributed by atoms with van der Waals surface area (Å²) in [4.78, 5) is 12.4. The van der Waals surface area contributed by atoms with E-state index in [1.807, 2.05) is 49.4 Å². The molecule has 2 aromatic heterocycles. The lowest BCUT2D eigenvalue weighted by Crippen LogP contribution is -2.05. The van der Waals surface area contributed by atoms with Crippen molar-refractivity contribution in [1.29, 1.82) is 0 Å². The van der Waals surface area contributed by atoms with Gasteiger partial charge in [0, 0.05) is 22.2 Å². The van der Waals surface area contributed by atoms with E-state index in [2.05, 4.69) is 4.40 Å². The minimum Gasteiger partial charge on any atom is -0.496 e. The largest absolute Gasteiger partial charge is 0.496 e. The van der Waals surface area contributed by atoms with Gasteiger partial charge >= 0.3 is 5.97 Å². The zero-order chi connectivity index (χ0) is 18.4. The molecule has 0 aliphatic heterocycles. The van der Waals surface area contributed by atoms with E-state index in [0.717, 1.165) is 38.6 Å². The maximum atomic E-state index is 12.4. The summed E-state index contributed by atoms with van der Waals surface area (Å²) in [6.45, 7) is 4.07. The number of carbonyl (C=O) groups is 1. The maximum Gasteiger partial charge on any atom is 0.339 e. The zero-order valence-electron chi connectivity index (χ0n) is 15.0. The van der Waals surface area contributed by atoms with Crippen LogP contribution in [0.2, 0.25) is 0 Å². The molecule has 2 N–H and O–H groups in total. The van der Waals surface area contributed by atoms with Gasteiger partial charge in [-0.25, -0.2) is 4.79 Å². The van der Waals surface area contributed by atoms with Crippen LogP contribution in [0.15, 0.2) is 42.5 Å². The van der Waals surface area contributed by atoms with Crippen LogP contribution in [0.5, 0.6) is 5.75 Å². The third-order valence-electron chi connectivity index (χ3n) is 4.80. The number of nitrogens with two attached hydrogens (primary N) is 1. The first-order valence-electron chi connectivity index (χ1n) is 8.54. The van der Waals surface area contributed by atoms with Crippen LogP contribution in [0.25, 0.3) is 27.2 Å².